The molecule has 26 heavy (non-hydrogen) atoms. The summed E-state index contributed by atoms with van der Waals surface area (Å²) in [7, 11) is 0. The molecule has 0 spiro atoms. The summed E-state index contributed by atoms with van der Waals surface area (Å²) in [6, 6.07) is 7.27. The van der Waals surface area contributed by atoms with Crippen molar-refractivity contribution in [3.8, 4) is 0 Å². The maximum Gasteiger partial charge on any atom is 0.338 e. The van der Waals surface area contributed by atoms with Crippen LogP contribution < -0.4 is 10.6 Å². The zero-order chi connectivity index (χ0) is 19.3. The van der Waals surface area contributed by atoms with E-state index >= 15 is 0 Å². The van der Waals surface area contributed by atoms with Crippen molar-refractivity contribution in [3.05, 3.63) is 46.7 Å². The number of benzene rings is 1. The molecule has 2 N–H and O–H groups in total. The molecule has 1 aliphatic heterocycles. The average Bonchev–Trinajstić information content (AvgIpc) is 2.58. The lowest BCUT2D eigenvalue weighted by Gasteiger charge is -2.30. The van der Waals surface area contributed by atoms with Crippen LogP contribution in [-0.4, -0.2) is 18.1 Å². The molecule has 1 unspecified atom stereocenters. The molecule has 1 aromatic rings. The summed E-state index contributed by atoms with van der Waals surface area (Å²) in [4.78, 5) is 25.0. The number of nitrogens with one attached hydrogen (secondary N) is 2. The largest absolute Gasteiger partial charge is 0.459 e. The fraction of sp³-hybridized carbons (Fsp3) is 0.524. The number of unbranched alkanes of at least 4 members (excludes halogenated alkanes) is 1. The van der Waals surface area contributed by atoms with Crippen LogP contribution in [0.15, 0.2) is 35.5 Å². The molecule has 0 saturated heterocycles. The van der Waals surface area contributed by atoms with Crippen LogP contribution in [0.25, 0.3) is 0 Å². The van der Waals surface area contributed by atoms with Crippen LogP contribution in [-0.2, 0) is 9.53 Å². The van der Waals surface area contributed by atoms with Crippen molar-refractivity contribution >= 4 is 12.0 Å². The van der Waals surface area contributed by atoms with Gasteiger partial charge in [0.25, 0.3) is 0 Å². The number of allylic oxidation sites excluding steroid dienone is 1. The molecule has 0 fully saturated rings. The van der Waals surface area contributed by atoms with Gasteiger partial charge in [-0.15, -0.1) is 0 Å². The third kappa shape index (κ3) is 4.87. The Morgan fingerprint density at radius 1 is 1.15 bits per heavy atom. The number of ether oxygens (including phenoxy) is 1. The highest BCUT2D eigenvalue weighted by molar-refractivity contribution is 5.95. The van der Waals surface area contributed by atoms with Gasteiger partial charge in [0, 0.05) is 5.70 Å². The van der Waals surface area contributed by atoms with Gasteiger partial charge in [-0.05, 0) is 43.7 Å². The molecule has 0 aliphatic carbocycles. The SMILES string of the molecule is CCCCC1=C(C(=O)OC(C)C)C(c2ccc(C(C)C)cc2)NC(=O)N1. The zero-order valence-corrected chi connectivity index (χ0v) is 16.4. The Hall–Kier alpha value is -2.30. The van der Waals surface area contributed by atoms with Crippen molar-refractivity contribution in [2.24, 2.45) is 0 Å². The summed E-state index contributed by atoms with van der Waals surface area (Å²) in [6.45, 7) is 10.00. The van der Waals surface area contributed by atoms with E-state index in [9.17, 15) is 9.59 Å². The summed E-state index contributed by atoms with van der Waals surface area (Å²) in [5, 5.41) is 5.70. The maximum atomic E-state index is 12.8. The molecule has 2 rings (SSSR count). The van der Waals surface area contributed by atoms with Gasteiger partial charge in [-0.2, -0.15) is 0 Å². The number of esters is 1. The van der Waals surface area contributed by atoms with E-state index in [4.69, 9.17) is 4.74 Å². The molecule has 1 atom stereocenters. The Kier molecular flexibility index (Phi) is 6.83. The number of carbonyl (C=O) groups is 2. The van der Waals surface area contributed by atoms with Gasteiger partial charge < -0.3 is 15.4 Å². The van der Waals surface area contributed by atoms with E-state index in [1.165, 1.54) is 5.56 Å². The first-order valence-corrected chi connectivity index (χ1v) is 9.44. The number of hydrogen-bond acceptors (Lipinski definition) is 3. The predicted molar refractivity (Wildman–Crippen MR) is 103 cm³/mol. The maximum absolute atomic E-state index is 12.8. The zero-order valence-electron chi connectivity index (χ0n) is 16.4. The second-order valence-corrected chi connectivity index (χ2v) is 7.30. The second-order valence-electron chi connectivity index (χ2n) is 7.30. The minimum absolute atomic E-state index is 0.218. The summed E-state index contributed by atoms with van der Waals surface area (Å²) in [5.41, 5.74) is 3.27. The summed E-state index contributed by atoms with van der Waals surface area (Å²) in [5.74, 6) is 0.0456. The van der Waals surface area contributed by atoms with E-state index in [1.54, 1.807) is 0 Å². The lowest BCUT2D eigenvalue weighted by molar-refractivity contribution is -0.143. The minimum atomic E-state index is -0.497. The Bertz CT molecular complexity index is 675. The van der Waals surface area contributed by atoms with Gasteiger partial charge in [0.05, 0.1) is 17.7 Å². The minimum Gasteiger partial charge on any atom is -0.459 e. The standard InChI is InChI=1S/C21H30N2O3/c1-6-7-8-17-18(20(24)26-14(4)5)19(23-21(25)22-17)16-11-9-15(10-12-16)13(2)3/h9-14,19H,6-8H2,1-5H3,(H2,22,23,25). The quantitative estimate of drug-likeness (QED) is 0.702. The van der Waals surface area contributed by atoms with Gasteiger partial charge in [0.15, 0.2) is 0 Å². The number of carbonyl (C=O) groups excluding carboxylic acids is 2. The van der Waals surface area contributed by atoms with Gasteiger partial charge in [-0.3, -0.25) is 0 Å². The first-order chi connectivity index (χ1) is 12.3. The molecule has 1 aromatic carbocycles. The van der Waals surface area contributed by atoms with Crippen LogP contribution in [0.3, 0.4) is 0 Å². The van der Waals surface area contributed by atoms with Crippen LogP contribution in [0.5, 0.6) is 0 Å². The Balaban J connectivity index is 2.44. The van der Waals surface area contributed by atoms with Crippen LogP contribution in [0.2, 0.25) is 0 Å². The molecule has 0 saturated carbocycles. The lowest BCUT2D eigenvalue weighted by atomic mass is 9.92. The molecule has 0 bridgehead atoms. The molecule has 5 nitrogen and oxygen atoms in total. The first kappa shape index (κ1) is 20.0. The molecule has 142 valence electrons. The highest BCUT2D eigenvalue weighted by Crippen LogP contribution is 2.30. The van der Waals surface area contributed by atoms with Crippen molar-refractivity contribution in [3.63, 3.8) is 0 Å². The summed E-state index contributed by atoms with van der Waals surface area (Å²) in [6.07, 6.45) is 2.30. The molecule has 2 amide bonds. The third-order valence-corrected chi connectivity index (χ3v) is 4.43. The van der Waals surface area contributed by atoms with E-state index in [1.807, 2.05) is 38.1 Å². The normalized spacial score (nSPS) is 17.3. The van der Waals surface area contributed by atoms with E-state index in [-0.39, 0.29) is 18.1 Å². The Labute approximate surface area is 156 Å². The van der Waals surface area contributed by atoms with E-state index in [2.05, 4.69) is 31.4 Å². The van der Waals surface area contributed by atoms with Crippen molar-refractivity contribution < 1.29 is 14.3 Å². The van der Waals surface area contributed by atoms with E-state index in [0.717, 1.165) is 18.4 Å². The fourth-order valence-electron chi connectivity index (χ4n) is 3.01. The molecule has 0 radical (unpaired) electrons. The highest BCUT2D eigenvalue weighted by Gasteiger charge is 2.33. The molecule has 1 aliphatic rings. The topological polar surface area (TPSA) is 67.4 Å². The van der Waals surface area contributed by atoms with Crippen LogP contribution >= 0.6 is 0 Å². The average molecular weight is 358 g/mol. The summed E-state index contributed by atoms with van der Waals surface area (Å²) >= 11 is 0. The van der Waals surface area contributed by atoms with Gasteiger partial charge in [-0.25, -0.2) is 9.59 Å². The lowest BCUT2D eigenvalue weighted by Crippen LogP contribution is -2.46. The van der Waals surface area contributed by atoms with E-state index in [0.29, 0.717) is 23.6 Å². The monoisotopic (exact) mass is 358 g/mol. The van der Waals surface area contributed by atoms with Crippen molar-refractivity contribution in [1.29, 1.82) is 0 Å². The Morgan fingerprint density at radius 3 is 2.35 bits per heavy atom. The van der Waals surface area contributed by atoms with Gasteiger partial charge in [0.2, 0.25) is 0 Å². The fourth-order valence-corrected chi connectivity index (χ4v) is 3.01. The second kappa shape index (κ2) is 8.88. The smallest absolute Gasteiger partial charge is 0.338 e. The predicted octanol–water partition coefficient (Wildman–Crippen LogP) is 4.56. The molecular formula is C21H30N2O3. The van der Waals surface area contributed by atoms with Crippen LogP contribution in [0, 0.1) is 0 Å². The Morgan fingerprint density at radius 2 is 1.81 bits per heavy atom. The van der Waals surface area contributed by atoms with Crippen molar-refractivity contribution in [1.82, 2.24) is 10.6 Å². The summed E-state index contributed by atoms with van der Waals surface area (Å²) < 4.78 is 5.46. The van der Waals surface area contributed by atoms with Gasteiger partial charge >= 0.3 is 12.0 Å². The number of rotatable bonds is 7. The molecule has 5 heteroatoms. The van der Waals surface area contributed by atoms with Crippen molar-refractivity contribution in [2.75, 3.05) is 0 Å². The van der Waals surface area contributed by atoms with E-state index < -0.39 is 6.04 Å². The highest BCUT2D eigenvalue weighted by atomic mass is 16.5. The number of urea groups is 1. The number of hydrogen-bond donors (Lipinski definition) is 2. The van der Waals surface area contributed by atoms with Crippen LogP contribution in [0.1, 0.15) is 77.0 Å². The first-order valence-electron chi connectivity index (χ1n) is 9.44. The molecular weight excluding hydrogens is 328 g/mol. The van der Waals surface area contributed by atoms with Crippen LogP contribution in [0.4, 0.5) is 4.79 Å². The number of amides is 2. The molecule has 1 heterocycles. The molecule has 0 aromatic heterocycles. The van der Waals surface area contributed by atoms with Gasteiger partial charge in [0.1, 0.15) is 0 Å². The third-order valence-electron chi connectivity index (χ3n) is 4.43. The van der Waals surface area contributed by atoms with Crippen molar-refractivity contribution in [2.45, 2.75) is 71.9 Å². The van der Waals surface area contributed by atoms with Gasteiger partial charge in [-0.1, -0.05) is 51.5 Å².